The number of rotatable bonds is 4. The molecule has 1 aliphatic carbocycles. The van der Waals surface area contributed by atoms with Gasteiger partial charge in [0, 0.05) is 16.6 Å². The van der Waals surface area contributed by atoms with Crippen molar-refractivity contribution in [3.63, 3.8) is 0 Å². The lowest BCUT2D eigenvalue weighted by molar-refractivity contribution is -0.142. The van der Waals surface area contributed by atoms with Crippen LogP contribution in [0.5, 0.6) is 5.75 Å². The summed E-state index contributed by atoms with van der Waals surface area (Å²) < 4.78 is 6.17. The van der Waals surface area contributed by atoms with Crippen LogP contribution in [0.15, 0.2) is 22.7 Å². The van der Waals surface area contributed by atoms with E-state index in [9.17, 15) is 4.79 Å². The second kappa shape index (κ2) is 6.28. The molecular formula is C14H18BrNO3. The average Bonchev–Trinajstić information content (AvgIpc) is 2.41. The zero-order chi connectivity index (χ0) is 13.8. The Balaban J connectivity index is 2.06. The van der Waals surface area contributed by atoms with Crippen LogP contribution in [0.25, 0.3) is 0 Å². The van der Waals surface area contributed by atoms with E-state index in [4.69, 9.17) is 9.84 Å². The Kier molecular flexibility index (Phi) is 4.69. The first-order valence-corrected chi connectivity index (χ1v) is 7.22. The SMILES string of the molecule is COc1ccc(Br)c(NC2CCCC(C(=O)O)C2)c1. The number of methoxy groups -OCH3 is 1. The zero-order valence-corrected chi connectivity index (χ0v) is 12.4. The lowest BCUT2D eigenvalue weighted by atomic mass is 9.85. The molecule has 2 N–H and O–H groups in total. The molecule has 1 aromatic carbocycles. The third-order valence-corrected chi connectivity index (χ3v) is 4.25. The van der Waals surface area contributed by atoms with Gasteiger partial charge in [-0.15, -0.1) is 0 Å². The number of carboxylic acids is 1. The molecule has 0 amide bonds. The minimum Gasteiger partial charge on any atom is -0.497 e. The molecule has 104 valence electrons. The van der Waals surface area contributed by atoms with Crippen molar-refractivity contribution in [1.29, 1.82) is 0 Å². The Labute approximate surface area is 121 Å². The molecule has 0 bridgehead atoms. The summed E-state index contributed by atoms with van der Waals surface area (Å²) in [6.07, 6.45) is 3.43. The summed E-state index contributed by atoms with van der Waals surface area (Å²) in [4.78, 5) is 11.1. The van der Waals surface area contributed by atoms with Gasteiger partial charge in [-0.25, -0.2) is 0 Å². The zero-order valence-electron chi connectivity index (χ0n) is 10.9. The fourth-order valence-electron chi connectivity index (χ4n) is 2.51. The topological polar surface area (TPSA) is 58.6 Å². The van der Waals surface area contributed by atoms with Crippen LogP contribution < -0.4 is 10.1 Å². The predicted molar refractivity (Wildman–Crippen MR) is 77.7 cm³/mol. The monoisotopic (exact) mass is 327 g/mol. The highest BCUT2D eigenvalue weighted by Crippen LogP contribution is 2.31. The van der Waals surface area contributed by atoms with Crippen LogP contribution in [0.1, 0.15) is 25.7 Å². The molecule has 0 radical (unpaired) electrons. The first-order chi connectivity index (χ1) is 9.10. The Morgan fingerprint density at radius 1 is 1.47 bits per heavy atom. The van der Waals surface area contributed by atoms with Crippen LogP contribution in [0.3, 0.4) is 0 Å². The molecule has 4 nitrogen and oxygen atoms in total. The summed E-state index contributed by atoms with van der Waals surface area (Å²) in [5.74, 6) is -0.122. The molecule has 1 aromatic rings. The second-order valence-corrected chi connectivity index (χ2v) is 5.74. The van der Waals surface area contributed by atoms with E-state index < -0.39 is 5.97 Å². The summed E-state index contributed by atoms with van der Waals surface area (Å²) >= 11 is 3.50. The summed E-state index contributed by atoms with van der Waals surface area (Å²) in [6.45, 7) is 0. The van der Waals surface area contributed by atoms with Crippen LogP contribution >= 0.6 is 15.9 Å². The van der Waals surface area contributed by atoms with Gasteiger partial charge in [-0.2, -0.15) is 0 Å². The van der Waals surface area contributed by atoms with Crippen molar-refractivity contribution in [3.05, 3.63) is 22.7 Å². The number of hydrogen-bond donors (Lipinski definition) is 2. The van der Waals surface area contributed by atoms with Crippen LogP contribution in [0, 0.1) is 5.92 Å². The molecule has 5 heteroatoms. The lowest BCUT2D eigenvalue weighted by Gasteiger charge is -2.28. The molecule has 0 spiro atoms. The van der Waals surface area contributed by atoms with E-state index in [1.54, 1.807) is 7.11 Å². The molecule has 1 aliphatic rings. The smallest absolute Gasteiger partial charge is 0.306 e. The van der Waals surface area contributed by atoms with Crippen molar-refractivity contribution in [2.45, 2.75) is 31.7 Å². The van der Waals surface area contributed by atoms with Crippen molar-refractivity contribution in [3.8, 4) is 5.75 Å². The quantitative estimate of drug-likeness (QED) is 0.888. The van der Waals surface area contributed by atoms with Crippen LogP contribution in [-0.2, 0) is 4.79 Å². The Morgan fingerprint density at radius 3 is 2.95 bits per heavy atom. The third-order valence-electron chi connectivity index (χ3n) is 3.56. The fourth-order valence-corrected chi connectivity index (χ4v) is 2.87. The number of ether oxygens (including phenoxy) is 1. The first-order valence-electron chi connectivity index (χ1n) is 6.43. The molecular weight excluding hydrogens is 310 g/mol. The highest BCUT2D eigenvalue weighted by atomic mass is 79.9. The molecule has 2 atom stereocenters. The number of carbonyl (C=O) groups is 1. The molecule has 1 fully saturated rings. The van der Waals surface area contributed by atoms with E-state index in [1.807, 2.05) is 18.2 Å². The normalized spacial score (nSPS) is 22.8. The second-order valence-electron chi connectivity index (χ2n) is 4.89. The third kappa shape index (κ3) is 3.62. The van der Waals surface area contributed by atoms with Gasteiger partial charge in [-0.3, -0.25) is 4.79 Å². The van der Waals surface area contributed by atoms with Crippen molar-refractivity contribution in [2.75, 3.05) is 12.4 Å². The van der Waals surface area contributed by atoms with Crippen molar-refractivity contribution < 1.29 is 14.6 Å². The van der Waals surface area contributed by atoms with Gasteiger partial charge >= 0.3 is 5.97 Å². The van der Waals surface area contributed by atoms with Gasteiger partial charge in [0.05, 0.1) is 18.7 Å². The van der Waals surface area contributed by atoms with Gasteiger partial charge in [-0.1, -0.05) is 6.42 Å². The molecule has 19 heavy (non-hydrogen) atoms. The minimum atomic E-state index is -0.684. The predicted octanol–water partition coefficient (Wildman–Crippen LogP) is 3.51. The Morgan fingerprint density at radius 2 is 2.26 bits per heavy atom. The van der Waals surface area contributed by atoms with E-state index in [-0.39, 0.29) is 12.0 Å². The molecule has 2 unspecified atom stereocenters. The molecule has 2 rings (SSSR count). The summed E-state index contributed by atoms with van der Waals surface area (Å²) in [7, 11) is 1.63. The average molecular weight is 328 g/mol. The van der Waals surface area contributed by atoms with Gasteiger partial charge in [0.1, 0.15) is 5.75 Å². The minimum absolute atomic E-state index is 0.207. The van der Waals surface area contributed by atoms with E-state index >= 15 is 0 Å². The summed E-state index contributed by atoms with van der Waals surface area (Å²) in [5, 5.41) is 12.5. The van der Waals surface area contributed by atoms with Gasteiger partial charge < -0.3 is 15.2 Å². The molecule has 1 saturated carbocycles. The number of aliphatic carboxylic acids is 1. The number of halogens is 1. The highest BCUT2D eigenvalue weighted by molar-refractivity contribution is 9.10. The van der Waals surface area contributed by atoms with E-state index in [2.05, 4.69) is 21.2 Å². The van der Waals surface area contributed by atoms with Gasteiger partial charge in [0.2, 0.25) is 0 Å². The number of nitrogens with one attached hydrogen (secondary N) is 1. The molecule has 0 saturated heterocycles. The van der Waals surface area contributed by atoms with Crippen LogP contribution in [-0.4, -0.2) is 24.2 Å². The molecule has 0 heterocycles. The summed E-state index contributed by atoms with van der Waals surface area (Å²) in [5.41, 5.74) is 0.954. The Hall–Kier alpha value is -1.23. The maximum atomic E-state index is 11.1. The summed E-state index contributed by atoms with van der Waals surface area (Å²) in [6, 6.07) is 5.95. The number of benzene rings is 1. The Bertz CT molecular complexity index is 464. The number of hydrogen-bond acceptors (Lipinski definition) is 3. The largest absolute Gasteiger partial charge is 0.497 e. The highest BCUT2D eigenvalue weighted by Gasteiger charge is 2.27. The van der Waals surface area contributed by atoms with Crippen LogP contribution in [0.2, 0.25) is 0 Å². The van der Waals surface area contributed by atoms with Crippen molar-refractivity contribution >= 4 is 27.6 Å². The lowest BCUT2D eigenvalue weighted by Crippen LogP contribution is -2.31. The maximum absolute atomic E-state index is 11.1. The van der Waals surface area contributed by atoms with Crippen LogP contribution in [0.4, 0.5) is 5.69 Å². The number of carboxylic acid groups (broad SMARTS) is 1. The van der Waals surface area contributed by atoms with Crippen molar-refractivity contribution in [2.24, 2.45) is 5.92 Å². The molecule has 0 aliphatic heterocycles. The molecule has 0 aromatic heterocycles. The van der Waals surface area contributed by atoms with Crippen molar-refractivity contribution in [1.82, 2.24) is 0 Å². The first kappa shape index (κ1) is 14.2. The van der Waals surface area contributed by atoms with Gasteiger partial charge in [0.25, 0.3) is 0 Å². The standard InChI is InChI=1S/C14H18BrNO3/c1-19-11-5-6-12(15)13(8-11)16-10-4-2-3-9(7-10)14(17)18/h5-6,8-10,16H,2-4,7H2,1H3,(H,17,18). The van der Waals surface area contributed by atoms with Gasteiger partial charge in [0.15, 0.2) is 0 Å². The maximum Gasteiger partial charge on any atom is 0.306 e. The number of anilines is 1. The van der Waals surface area contributed by atoms with Gasteiger partial charge in [-0.05, 0) is 47.3 Å². The van der Waals surface area contributed by atoms with E-state index in [0.29, 0.717) is 6.42 Å². The van der Waals surface area contributed by atoms with E-state index in [0.717, 1.165) is 35.2 Å². The van der Waals surface area contributed by atoms with E-state index in [1.165, 1.54) is 0 Å². The fraction of sp³-hybridized carbons (Fsp3) is 0.500.